The standard InChI is InChI=1S/C20H31NO6S.C16H36N.ClH/c1-14-11-17(25-6)12-15(2)19(14)28(23,24)21(16-7-8-16)9-10-26-13-18(22)27-20(3,4)5;1-5-9-13-17(14-10-6-2,15-11-7-3)16-12-8-4;/h11-12,16H,7-10,13H2,1-6H3;5-16H2,1-4H3;1H/q;+1;/p-1. The first-order valence-electron chi connectivity index (χ1n) is 17.5. The summed E-state index contributed by atoms with van der Waals surface area (Å²) < 4.78 is 45.3. The quantitative estimate of drug-likeness (QED) is 0.104. The average molecular weight is 691 g/mol. The molecule has 0 atom stereocenters. The zero-order valence-corrected chi connectivity index (χ0v) is 32.5. The minimum atomic E-state index is -3.67. The molecule has 46 heavy (non-hydrogen) atoms. The maximum Gasteiger partial charge on any atom is 0.332 e. The number of rotatable bonds is 21. The van der Waals surface area contributed by atoms with Gasteiger partial charge in [0.05, 0.1) is 44.8 Å². The van der Waals surface area contributed by atoms with E-state index in [0.717, 1.165) is 12.8 Å². The molecule has 10 heteroatoms. The fourth-order valence-corrected chi connectivity index (χ4v) is 7.82. The summed E-state index contributed by atoms with van der Waals surface area (Å²) in [5, 5.41) is 0. The zero-order chi connectivity index (χ0) is 34.1. The maximum atomic E-state index is 13.3. The van der Waals surface area contributed by atoms with Crippen LogP contribution in [-0.2, 0) is 24.3 Å². The van der Waals surface area contributed by atoms with Crippen LogP contribution in [0.1, 0.15) is 124 Å². The number of sulfonamides is 1. The molecule has 0 bridgehead atoms. The highest BCUT2D eigenvalue weighted by molar-refractivity contribution is 7.89. The summed E-state index contributed by atoms with van der Waals surface area (Å²) in [7, 11) is -2.12. The number of nitrogens with zero attached hydrogens (tertiary/aromatic N) is 2. The summed E-state index contributed by atoms with van der Waals surface area (Å²) in [5.74, 6) is 0.169. The van der Waals surface area contributed by atoms with Gasteiger partial charge in [-0.05, 0) is 96.4 Å². The Morgan fingerprint density at radius 3 is 1.65 bits per heavy atom. The maximum absolute atomic E-state index is 13.3. The lowest BCUT2D eigenvalue weighted by Crippen LogP contribution is -3.00. The van der Waals surface area contributed by atoms with Crippen molar-refractivity contribution in [2.75, 3.05) is 53.0 Å². The predicted molar refractivity (Wildman–Crippen MR) is 185 cm³/mol. The highest BCUT2D eigenvalue weighted by atomic mass is 35.5. The molecule has 0 spiro atoms. The molecule has 0 aromatic heterocycles. The first-order valence-corrected chi connectivity index (χ1v) is 19.0. The van der Waals surface area contributed by atoms with Crippen LogP contribution < -0.4 is 17.1 Å². The fourth-order valence-electron chi connectivity index (χ4n) is 5.74. The zero-order valence-electron chi connectivity index (χ0n) is 30.9. The van der Waals surface area contributed by atoms with Crippen molar-refractivity contribution in [3.63, 3.8) is 0 Å². The molecule has 1 aromatic carbocycles. The lowest BCUT2D eigenvalue weighted by molar-refractivity contribution is -0.929. The van der Waals surface area contributed by atoms with Crippen LogP contribution >= 0.6 is 0 Å². The van der Waals surface area contributed by atoms with Crippen molar-refractivity contribution in [2.45, 2.75) is 143 Å². The van der Waals surface area contributed by atoms with E-state index in [4.69, 9.17) is 14.2 Å². The number of esters is 1. The van der Waals surface area contributed by atoms with Crippen molar-refractivity contribution >= 4 is 16.0 Å². The Kier molecular flexibility index (Phi) is 21.6. The molecule has 0 amide bonds. The number of aryl methyl sites for hydroxylation is 2. The van der Waals surface area contributed by atoms with Crippen LogP contribution in [0.2, 0.25) is 0 Å². The second-order valence-corrected chi connectivity index (χ2v) is 15.6. The van der Waals surface area contributed by atoms with E-state index in [1.54, 1.807) is 53.9 Å². The van der Waals surface area contributed by atoms with Crippen molar-refractivity contribution in [1.29, 1.82) is 0 Å². The topological polar surface area (TPSA) is 82.1 Å². The SMILES string of the molecule is CCCC[N+](CCCC)(CCCC)CCCC.COc1cc(C)c(S(=O)(=O)N(CCOCC(=O)OC(C)(C)C)C2CC2)c(C)c1.[Cl-]. The van der Waals surface area contributed by atoms with E-state index in [1.807, 2.05) is 0 Å². The number of methoxy groups -OCH3 is 1. The van der Waals surface area contributed by atoms with Crippen molar-refractivity contribution < 1.29 is 44.3 Å². The summed E-state index contributed by atoms with van der Waals surface area (Å²) in [6.45, 7) is 24.0. The molecule has 0 saturated heterocycles. The smallest absolute Gasteiger partial charge is 0.332 e. The number of unbranched alkanes of at least 4 members (excludes halogenated alkanes) is 4. The Hall–Kier alpha value is -1.39. The van der Waals surface area contributed by atoms with Gasteiger partial charge < -0.3 is 31.1 Å². The number of quaternary nitrogens is 1. The molecule has 1 aliphatic rings. The second kappa shape index (κ2) is 22.3. The third kappa shape index (κ3) is 16.1. The van der Waals surface area contributed by atoms with Crippen LogP contribution in [0.5, 0.6) is 5.75 Å². The Labute approximate surface area is 289 Å². The molecule has 0 aliphatic heterocycles. The number of carbonyl (C=O) groups excluding carboxylic acids is 1. The van der Waals surface area contributed by atoms with E-state index >= 15 is 0 Å². The van der Waals surface area contributed by atoms with Crippen molar-refractivity contribution in [2.24, 2.45) is 0 Å². The van der Waals surface area contributed by atoms with E-state index in [9.17, 15) is 13.2 Å². The Bertz CT molecular complexity index is 1040. The number of hydrogen-bond acceptors (Lipinski definition) is 6. The molecule has 1 fully saturated rings. The Balaban J connectivity index is 0.000000973. The summed E-state index contributed by atoms with van der Waals surface area (Å²) in [6, 6.07) is 3.43. The molecular formula is C36H67ClN2O6S. The Morgan fingerprint density at radius 2 is 1.30 bits per heavy atom. The van der Waals surface area contributed by atoms with Crippen LogP contribution in [0.15, 0.2) is 17.0 Å². The van der Waals surface area contributed by atoms with E-state index < -0.39 is 21.6 Å². The van der Waals surface area contributed by atoms with Crippen LogP contribution in [0, 0.1) is 13.8 Å². The van der Waals surface area contributed by atoms with Gasteiger partial charge in [-0.25, -0.2) is 13.2 Å². The number of halogens is 1. The number of hydrogen-bond donors (Lipinski definition) is 0. The monoisotopic (exact) mass is 690 g/mol. The molecule has 1 saturated carbocycles. The predicted octanol–water partition coefficient (Wildman–Crippen LogP) is 4.83. The van der Waals surface area contributed by atoms with Crippen LogP contribution in [0.25, 0.3) is 0 Å². The second-order valence-electron chi connectivity index (χ2n) is 13.7. The average Bonchev–Trinajstić information content (AvgIpc) is 3.80. The minimum Gasteiger partial charge on any atom is -1.00 e. The van der Waals surface area contributed by atoms with Crippen LogP contribution in [0.4, 0.5) is 0 Å². The van der Waals surface area contributed by atoms with E-state index in [-0.39, 0.29) is 38.2 Å². The minimum absolute atomic E-state index is 0. The fraction of sp³-hybridized carbons (Fsp3) is 0.806. The number of benzene rings is 1. The van der Waals surface area contributed by atoms with Gasteiger partial charge >= 0.3 is 5.97 Å². The molecule has 0 radical (unpaired) electrons. The first kappa shape index (κ1) is 44.6. The first-order chi connectivity index (χ1) is 21.2. The van der Waals surface area contributed by atoms with Gasteiger partial charge in [0, 0.05) is 12.6 Å². The largest absolute Gasteiger partial charge is 1.00 e. The lowest BCUT2D eigenvalue weighted by atomic mass is 10.1. The summed E-state index contributed by atoms with van der Waals surface area (Å²) >= 11 is 0. The van der Waals surface area contributed by atoms with Crippen molar-refractivity contribution in [3.05, 3.63) is 23.3 Å². The summed E-state index contributed by atoms with van der Waals surface area (Å²) in [5.41, 5.74) is 0.724. The van der Waals surface area contributed by atoms with Gasteiger partial charge in [0.2, 0.25) is 10.0 Å². The van der Waals surface area contributed by atoms with Crippen LogP contribution in [0.3, 0.4) is 0 Å². The van der Waals surface area contributed by atoms with Crippen molar-refractivity contribution in [1.82, 2.24) is 4.31 Å². The molecule has 1 aromatic rings. The molecule has 0 heterocycles. The Morgan fingerprint density at radius 1 is 0.870 bits per heavy atom. The highest BCUT2D eigenvalue weighted by Gasteiger charge is 2.39. The highest BCUT2D eigenvalue weighted by Crippen LogP contribution is 2.35. The molecule has 270 valence electrons. The van der Waals surface area contributed by atoms with Gasteiger partial charge in [-0.2, -0.15) is 4.31 Å². The molecule has 0 N–H and O–H groups in total. The summed E-state index contributed by atoms with van der Waals surface area (Å²) in [4.78, 5) is 12.0. The lowest BCUT2D eigenvalue weighted by Gasteiger charge is -2.39. The van der Waals surface area contributed by atoms with Gasteiger partial charge in [-0.1, -0.05) is 53.4 Å². The van der Waals surface area contributed by atoms with E-state index in [2.05, 4.69) is 27.7 Å². The van der Waals surface area contributed by atoms with Gasteiger partial charge in [0.25, 0.3) is 0 Å². The van der Waals surface area contributed by atoms with E-state index in [0.29, 0.717) is 21.8 Å². The van der Waals surface area contributed by atoms with Gasteiger partial charge in [-0.3, -0.25) is 0 Å². The third-order valence-electron chi connectivity index (χ3n) is 8.23. The van der Waals surface area contributed by atoms with Gasteiger partial charge in [-0.15, -0.1) is 0 Å². The van der Waals surface area contributed by atoms with Gasteiger partial charge in [0.1, 0.15) is 18.0 Å². The molecule has 8 nitrogen and oxygen atoms in total. The van der Waals surface area contributed by atoms with Gasteiger partial charge in [0.15, 0.2) is 0 Å². The van der Waals surface area contributed by atoms with E-state index in [1.165, 1.54) is 86.3 Å². The third-order valence-corrected chi connectivity index (χ3v) is 10.5. The summed E-state index contributed by atoms with van der Waals surface area (Å²) in [6.07, 6.45) is 12.7. The van der Waals surface area contributed by atoms with Crippen molar-refractivity contribution in [3.8, 4) is 5.75 Å². The van der Waals surface area contributed by atoms with Crippen LogP contribution in [-0.4, -0.2) is 87.9 Å². The molecular weight excluding hydrogens is 624 g/mol. The normalized spacial score (nSPS) is 13.5. The number of carbonyl (C=O) groups is 1. The molecule has 0 unspecified atom stereocenters. The molecule has 1 aliphatic carbocycles. The number of ether oxygens (including phenoxy) is 3. The molecule has 2 rings (SSSR count).